The lowest BCUT2D eigenvalue weighted by molar-refractivity contribution is 1.22. The molecule has 0 saturated carbocycles. The third kappa shape index (κ3) is 2.97. The van der Waals surface area contributed by atoms with Gasteiger partial charge in [-0.3, -0.25) is 5.22 Å². The number of benzene rings is 2. The maximum absolute atomic E-state index is 8.75. The van der Waals surface area contributed by atoms with Crippen molar-refractivity contribution in [2.75, 3.05) is 0 Å². The van der Waals surface area contributed by atoms with E-state index in [2.05, 4.69) is 20.5 Å². The van der Waals surface area contributed by atoms with Crippen LogP contribution in [0, 0.1) is 5.39 Å². The molecule has 6 heteroatoms. The molecule has 0 amide bonds. The highest BCUT2D eigenvalue weighted by molar-refractivity contribution is 6.53. The monoisotopic (exact) mass is 262 g/mol. The Morgan fingerprint density at radius 2 is 1.35 bits per heavy atom. The minimum Gasteiger partial charge on any atom is -0.362 e. The van der Waals surface area contributed by atoms with Gasteiger partial charge in [0.25, 0.3) is 5.39 Å². The van der Waals surface area contributed by atoms with Crippen molar-refractivity contribution in [1.29, 1.82) is 5.39 Å². The topological polar surface area (TPSA) is 87.5 Å². The van der Waals surface area contributed by atoms with Crippen molar-refractivity contribution in [2.45, 2.75) is 0 Å². The molecule has 6 nitrogen and oxygen atoms in total. The molecule has 0 aromatic heterocycles. The van der Waals surface area contributed by atoms with Gasteiger partial charge in [0.15, 0.2) is 10.8 Å². The first-order valence-electron chi connectivity index (χ1n) is 5.82. The summed E-state index contributed by atoms with van der Waals surface area (Å²) in [6, 6.07) is 18.2. The molecule has 96 valence electrons. The van der Waals surface area contributed by atoms with Crippen molar-refractivity contribution in [1.82, 2.24) is 0 Å². The molecule has 0 aliphatic heterocycles. The van der Waals surface area contributed by atoms with Crippen LogP contribution in [-0.4, -0.2) is 11.4 Å². The fourth-order valence-electron chi connectivity index (χ4n) is 1.77. The maximum atomic E-state index is 8.75. The van der Waals surface area contributed by atoms with E-state index in [1.54, 1.807) is 24.3 Å². The second-order valence-electron chi connectivity index (χ2n) is 3.81. The van der Waals surface area contributed by atoms with Gasteiger partial charge in [-0.25, -0.2) is 0 Å². The SMILES string of the molecule is N#[N+]N=C(C(=NN=[N-])c1ccccc1)c1ccccc1. The van der Waals surface area contributed by atoms with E-state index in [1.807, 2.05) is 36.4 Å². The quantitative estimate of drug-likeness (QED) is 0.358. The standard InChI is InChI=1S/C14H10N6/c15-19-17-13(11-7-3-1-4-8-11)14(18-20-16)12-9-5-2-6-10-12/h1-10H. The largest absolute Gasteiger partial charge is 0.362 e. The van der Waals surface area contributed by atoms with Gasteiger partial charge < -0.3 is 10.6 Å². The van der Waals surface area contributed by atoms with Crippen LogP contribution in [0.2, 0.25) is 0 Å². The van der Waals surface area contributed by atoms with E-state index in [9.17, 15) is 0 Å². The van der Waals surface area contributed by atoms with Crippen LogP contribution in [0.15, 0.2) is 76.1 Å². The third-order valence-electron chi connectivity index (χ3n) is 2.61. The molecule has 0 heterocycles. The van der Waals surface area contributed by atoms with Gasteiger partial charge in [0.1, 0.15) is 0 Å². The molecule has 2 aromatic rings. The molecule has 0 N–H and O–H groups in total. The van der Waals surface area contributed by atoms with E-state index < -0.39 is 0 Å². The minimum absolute atomic E-state index is 0.303. The normalized spacial score (nSPS) is 11.8. The highest BCUT2D eigenvalue weighted by Gasteiger charge is 2.14. The summed E-state index contributed by atoms with van der Waals surface area (Å²) in [5, 5.41) is 21.8. The van der Waals surface area contributed by atoms with Crippen molar-refractivity contribution in [3.8, 4) is 0 Å². The van der Waals surface area contributed by atoms with Gasteiger partial charge in [-0.05, 0) is 5.56 Å². The second-order valence-corrected chi connectivity index (χ2v) is 3.81. The zero-order valence-electron chi connectivity index (χ0n) is 10.5. The first-order valence-corrected chi connectivity index (χ1v) is 5.82. The molecule has 0 spiro atoms. The Bertz CT molecular complexity index is 683. The lowest BCUT2D eigenvalue weighted by atomic mass is 10.00. The molecule has 0 bridgehead atoms. The Balaban J connectivity index is 2.58. The maximum Gasteiger partial charge on any atom is 0.339 e. The lowest BCUT2D eigenvalue weighted by Crippen LogP contribution is -2.16. The van der Waals surface area contributed by atoms with Gasteiger partial charge in [0.05, 0.1) is 0 Å². The number of hydrogen-bond acceptors (Lipinski definition) is 3. The van der Waals surface area contributed by atoms with Gasteiger partial charge >= 0.3 is 5.08 Å². The van der Waals surface area contributed by atoms with Crippen molar-refractivity contribution < 1.29 is 0 Å². The smallest absolute Gasteiger partial charge is 0.339 e. The van der Waals surface area contributed by atoms with Crippen LogP contribution in [-0.2, 0) is 0 Å². The third-order valence-corrected chi connectivity index (χ3v) is 2.61. The van der Waals surface area contributed by atoms with Crippen LogP contribution in [0.5, 0.6) is 0 Å². The average Bonchev–Trinajstić information content (AvgIpc) is 2.52. The van der Waals surface area contributed by atoms with E-state index in [1.165, 1.54) is 0 Å². The molecule has 0 fully saturated rings. The molecule has 2 aromatic carbocycles. The number of rotatable bonds is 4. The van der Waals surface area contributed by atoms with Crippen LogP contribution < -0.4 is 0 Å². The summed E-state index contributed by atoms with van der Waals surface area (Å²) in [5.74, 6) is 0. The summed E-state index contributed by atoms with van der Waals surface area (Å²) in [5.41, 5.74) is 10.7. The fourth-order valence-corrected chi connectivity index (χ4v) is 1.77. The molecule has 0 unspecified atom stereocenters. The second kappa shape index (κ2) is 6.66. The Morgan fingerprint density at radius 1 is 0.850 bits per heavy atom. The fraction of sp³-hybridized carbons (Fsp3) is 0. The molecular weight excluding hydrogens is 252 g/mol. The highest BCUT2D eigenvalue weighted by Crippen LogP contribution is 2.11. The molecule has 0 radical (unpaired) electrons. The molecular formula is C14H10N6. The first-order chi connectivity index (χ1) is 9.86. The van der Waals surface area contributed by atoms with Gasteiger partial charge in [-0.15, -0.1) is 0 Å². The van der Waals surface area contributed by atoms with Crippen molar-refractivity contribution in [3.05, 3.63) is 82.4 Å². The summed E-state index contributed by atoms with van der Waals surface area (Å²) >= 11 is 0. The number of hydrogen-bond donors (Lipinski definition) is 0. The molecule has 2 rings (SSSR count). The van der Waals surface area contributed by atoms with E-state index in [0.717, 1.165) is 0 Å². The summed E-state index contributed by atoms with van der Waals surface area (Å²) in [6.45, 7) is 0. The Morgan fingerprint density at radius 3 is 1.80 bits per heavy atom. The number of diazo groups is 1. The summed E-state index contributed by atoms with van der Waals surface area (Å²) < 4.78 is 0. The lowest BCUT2D eigenvalue weighted by Gasteiger charge is -2.10. The minimum atomic E-state index is 0.303. The Kier molecular flexibility index (Phi) is 4.41. The first kappa shape index (κ1) is 13.2. The summed E-state index contributed by atoms with van der Waals surface area (Å²) in [4.78, 5) is 0. The highest BCUT2D eigenvalue weighted by atomic mass is 15.3. The zero-order chi connectivity index (χ0) is 14.2. The van der Waals surface area contributed by atoms with E-state index in [-0.39, 0.29) is 0 Å². The average molecular weight is 262 g/mol. The van der Waals surface area contributed by atoms with Crippen LogP contribution in [0.1, 0.15) is 11.1 Å². The van der Waals surface area contributed by atoms with Gasteiger partial charge in [0, 0.05) is 11.3 Å². The molecule has 0 aliphatic rings. The van der Waals surface area contributed by atoms with Crippen molar-refractivity contribution in [2.24, 2.45) is 15.4 Å². The number of nitrogens with zero attached hydrogens (tertiary/aromatic N) is 6. The van der Waals surface area contributed by atoms with Gasteiger partial charge in [-0.1, -0.05) is 60.7 Å². The molecule has 0 atom stereocenters. The van der Waals surface area contributed by atoms with Crippen molar-refractivity contribution in [3.63, 3.8) is 0 Å². The zero-order valence-corrected chi connectivity index (χ0v) is 10.5. The molecule has 0 saturated heterocycles. The summed E-state index contributed by atoms with van der Waals surface area (Å²) in [7, 11) is 0. The van der Waals surface area contributed by atoms with Crippen LogP contribution in [0.3, 0.4) is 0 Å². The van der Waals surface area contributed by atoms with Crippen LogP contribution >= 0.6 is 0 Å². The summed E-state index contributed by atoms with van der Waals surface area (Å²) in [6.07, 6.45) is 0. The van der Waals surface area contributed by atoms with Gasteiger partial charge in [0.2, 0.25) is 0 Å². The van der Waals surface area contributed by atoms with E-state index in [4.69, 9.17) is 10.9 Å². The van der Waals surface area contributed by atoms with E-state index in [0.29, 0.717) is 22.6 Å². The van der Waals surface area contributed by atoms with Gasteiger partial charge in [-0.2, -0.15) is 0 Å². The predicted octanol–water partition coefficient (Wildman–Crippen LogP) is 3.67. The predicted molar refractivity (Wildman–Crippen MR) is 76.8 cm³/mol. The van der Waals surface area contributed by atoms with Crippen LogP contribution in [0.4, 0.5) is 0 Å². The van der Waals surface area contributed by atoms with E-state index >= 15 is 0 Å². The van der Waals surface area contributed by atoms with Crippen molar-refractivity contribution >= 4 is 11.4 Å². The van der Waals surface area contributed by atoms with Crippen LogP contribution in [0.25, 0.3) is 10.6 Å². The Labute approximate surface area is 115 Å². The molecule has 0 aliphatic carbocycles. The molecule has 20 heavy (non-hydrogen) atoms. The Hall–Kier alpha value is -3.20.